The number of hydrogen-bond donors (Lipinski definition) is 1. The molecule has 0 saturated carbocycles. The zero-order chi connectivity index (χ0) is 23.0. The van der Waals surface area contributed by atoms with Crippen LogP contribution in [0.2, 0.25) is 0 Å². The second-order valence-electron chi connectivity index (χ2n) is 7.35. The summed E-state index contributed by atoms with van der Waals surface area (Å²) in [6.45, 7) is 1.34. The highest BCUT2D eigenvalue weighted by Crippen LogP contribution is 2.43. The molecule has 0 aromatic heterocycles. The number of ketones is 2. The molecule has 2 aliphatic rings. The Balaban J connectivity index is 1.84. The first-order valence-electron chi connectivity index (χ1n) is 9.62. The number of nitrogens with one attached hydrogen (secondary N) is 1. The van der Waals surface area contributed by atoms with Crippen molar-refractivity contribution in [2.24, 2.45) is 5.92 Å². The first kappa shape index (κ1) is 21.2. The monoisotopic (exact) mass is 447 g/mol. The van der Waals surface area contributed by atoms with E-state index < -0.39 is 33.5 Å². The summed E-state index contributed by atoms with van der Waals surface area (Å²) in [7, 11) is -4.19. The molecule has 2 atom stereocenters. The van der Waals surface area contributed by atoms with E-state index in [4.69, 9.17) is 0 Å². The van der Waals surface area contributed by atoms with Gasteiger partial charge < -0.3 is 5.32 Å². The lowest BCUT2D eigenvalue weighted by molar-refractivity contribution is -0.136. The predicted molar refractivity (Wildman–Crippen MR) is 115 cm³/mol. The largest absolute Gasteiger partial charge is 0.326 e. The van der Waals surface area contributed by atoms with E-state index >= 15 is 0 Å². The molecule has 32 heavy (non-hydrogen) atoms. The van der Waals surface area contributed by atoms with Gasteiger partial charge in [-0.1, -0.05) is 30.3 Å². The van der Waals surface area contributed by atoms with Gasteiger partial charge >= 0.3 is 0 Å². The molecule has 1 amide bonds. The first-order chi connectivity index (χ1) is 15.2. The van der Waals surface area contributed by atoms with Crippen LogP contribution in [0.5, 0.6) is 0 Å². The third-order valence-corrected chi connectivity index (χ3v) is 7.06. The number of benzene rings is 2. The maximum absolute atomic E-state index is 13.5. The van der Waals surface area contributed by atoms with Crippen molar-refractivity contribution in [1.29, 1.82) is 5.26 Å². The maximum Gasteiger partial charge on any atom is 0.264 e. The van der Waals surface area contributed by atoms with E-state index in [1.165, 1.54) is 37.4 Å². The van der Waals surface area contributed by atoms with Crippen molar-refractivity contribution >= 4 is 38.8 Å². The number of anilines is 1. The highest BCUT2D eigenvalue weighted by molar-refractivity contribution is 7.89. The summed E-state index contributed by atoms with van der Waals surface area (Å²) < 4.78 is 28.0. The second-order valence-corrected chi connectivity index (χ2v) is 9.20. The average Bonchev–Trinajstić information content (AvgIpc) is 3.19. The summed E-state index contributed by atoms with van der Waals surface area (Å²) in [5.74, 6) is -3.00. The molecule has 1 aliphatic carbocycles. The van der Waals surface area contributed by atoms with Crippen molar-refractivity contribution in [1.82, 2.24) is 4.31 Å². The van der Waals surface area contributed by atoms with Crippen molar-refractivity contribution in [3.05, 3.63) is 78.0 Å². The highest BCUT2D eigenvalue weighted by Gasteiger charge is 2.51. The molecule has 8 nitrogen and oxygen atoms in total. The van der Waals surface area contributed by atoms with Crippen LogP contribution in [0.1, 0.15) is 12.5 Å². The average molecular weight is 447 g/mol. The van der Waals surface area contributed by atoms with Gasteiger partial charge in [-0.15, -0.1) is 0 Å². The number of fused-ring (bicyclic) bond motifs is 1. The molecule has 0 saturated heterocycles. The van der Waals surface area contributed by atoms with E-state index in [9.17, 15) is 28.1 Å². The van der Waals surface area contributed by atoms with E-state index in [1.807, 2.05) is 6.07 Å². The van der Waals surface area contributed by atoms with Gasteiger partial charge in [0.2, 0.25) is 17.5 Å². The highest BCUT2D eigenvalue weighted by atomic mass is 32.2. The molecule has 0 fully saturated rings. The Kier molecular flexibility index (Phi) is 5.24. The fourth-order valence-electron chi connectivity index (χ4n) is 3.90. The van der Waals surface area contributed by atoms with E-state index in [-0.39, 0.29) is 16.4 Å². The minimum absolute atomic E-state index is 0.0856. The Hall–Kier alpha value is -4.03. The molecular weight excluding hydrogens is 430 g/mol. The van der Waals surface area contributed by atoms with Crippen molar-refractivity contribution < 1.29 is 22.8 Å². The fraction of sp³-hybridized carbons (Fsp3) is 0.130. The molecule has 0 spiro atoms. The van der Waals surface area contributed by atoms with E-state index in [2.05, 4.69) is 5.32 Å². The Labute approximate surface area is 184 Å². The summed E-state index contributed by atoms with van der Waals surface area (Å²) in [4.78, 5) is 36.2. The van der Waals surface area contributed by atoms with Crippen LogP contribution in [0.15, 0.2) is 77.3 Å². The maximum atomic E-state index is 13.5. The van der Waals surface area contributed by atoms with Crippen molar-refractivity contribution in [3.63, 3.8) is 0 Å². The SMILES string of the molecule is CC(=O)Nc1ccc(S(=O)(=O)N2C=C(c3ccccc3)C3C(=O)C(=O)C=C(C#N)C32)cc1. The van der Waals surface area contributed by atoms with Crippen LogP contribution in [0.4, 0.5) is 5.69 Å². The van der Waals surface area contributed by atoms with Crippen LogP contribution in [0, 0.1) is 17.2 Å². The number of hydrogen-bond acceptors (Lipinski definition) is 6. The minimum Gasteiger partial charge on any atom is -0.326 e. The molecule has 9 heteroatoms. The number of carbonyl (C=O) groups excluding carboxylic acids is 3. The third kappa shape index (κ3) is 3.50. The van der Waals surface area contributed by atoms with Crippen LogP contribution < -0.4 is 5.32 Å². The van der Waals surface area contributed by atoms with Crippen molar-refractivity contribution in [2.75, 3.05) is 5.32 Å². The van der Waals surface area contributed by atoms with Gasteiger partial charge in [0.15, 0.2) is 0 Å². The van der Waals surface area contributed by atoms with Crippen LogP contribution in [0.3, 0.4) is 0 Å². The lowest BCUT2D eigenvalue weighted by Gasteiger charge is -2.30. The Morgan fingerprint density at radius 3 is 2.31 bits per heavy atom. The van der Waals surface area contributed by atoms with Gasteiger partial charge in [0.05, 0.1) is 28.5 Å². The standard InChI is InChI=1S/C23H17N3O5S/c1-14(27)25-17-7-9-18(10-8-17)32(30,31)26-13-19(15-5-3-2-4-6-15)21-22(26)16(12-24)11-20(28)23(21)29/h2-11,13,21-22H,1H3,(H,25,27). The molecule has 4 rings (SSSR count). The lowest BCUT2D eigenvalue weighted by atomic mass is 9.78. The van der Waals surface area contributed by atoms with Crippen molar-refractivity contribution in [3.8, 4) is 6.07 Å². The van der Waals surface area contributed by atoms with E-state index in [0.29, 0.717) is 16.8 Å². The van der Waals surface area contributed by atoms with Gasteiger partial charge in [0, 0.05) is 24.9 Å². The zero-order valence-electron chi connectivity index (χ0n) is 16.8. The lowest BCUT2D eigenvalue weighted by Crippen LogP contribution is -2.45. The Morgan fingerprint density at radius 1 is 1.06 bits per heavy atom. The number of allylic oxidation sites excluding steroid dienone is 1. The first-order valence-corrected chi connectivity index (χ1v) is 11.1. The van der Waals surface area contributed by atoms with Gasteiger partial charge in [-0.05, 0) is 35.4 Å². The number of sulfonamides is 1. The molecule has 0 radical (unpaired) electrons. The molecule has 0 bridgehead atoms. The molecule has 1 heterocycles. The molecular formula is C23H17N3O5S. The normalized spacial score (nSPS) is 20.2. The number of amides is 1. The summed E-state index contributed by atoms with van der Waals surface area (Å²) >= 11 is 0. The number of carbonyl (C=O) groups is 3. The number of nitrogens with zero attached hydrogens (tertiary/aromatic N) is 2. The summed E-state index contributed by atoms with van der Waals surface area (Å²) in [5, 5.41) is 12.2. The summed E-state index contributed by atoms with van der Waals surface area (Å²) in [5.41, 5.74) is 1.27. The van der Waals surface area contributed by atoms with Gasteiger partial charge in [-0.25, -0.2) is 8.42 Å². The van der Waals surface area contributed by atoms with E-state index in [0.717, 1.165) is 10.4 Å². The van der Waals surface area contributed by atoms with Crippen LogP contribution in [-0.2, 0) is 24.4 Å². The zero-order valence-corrected chi connectivity index (χ0v) is 17.7. The molecule has 1 aliphatic heterocycles. The van der Waals surface area contributed by atoms with Crippen LogP contribution >= 0.6 is 0 Å². The predicted octanol–water partition coefficient (Wildman–Crippen LogP) is 2.28. The quantitative estimate of drug-likeness (QED) is 0.717. The number of Topliss-reactive ketones (excluding diaryl/α,β-unsaturated/α-hetero) is 1. The van der Waals surface area contributed by atoms with Crippen molar-refractivity contribution in [2.45, 2.75) is 17.9 Å². The van der Waals surface area contributed by atoms with Crippen LogP contribution in [-0.4, -0.2) is 36.2 Å². The third-order valence-electron chi connectivity index (χ3n) is 5.31. The van der Waals surface area contributed by atoms with Gasteiger partial charge in [0.1, 0.15) is 0 Å². The van der Waals surface area contributed by atoms with Gasteiger partial charge in [0.25, 0.3) is 10.0 Å². The molecule has 2 aromatic carbocycles. The molecule has 160 valence electrons. The number of rotatable bonds is 4. The minimum atomic E-state index is -4.19. The van der Waals surface area contributed by atoms with E-state index in [1.54, 1.807) is 30.3 Å². The molecule has 2 aromatic rings. The van der Waals surface area contributed by atoms with Gasteiger partial charge in [-0.2, -0.15) is 5.26 Å². The topological polar surface area (TPSA) is 124 Å². The molecule has 2 unspecified atom stereocenters. The summed E-state index contributed by atoms with van der Waals surface area (Å²) in [6, 6.07) is 14.9. The fourth-order valence-corrected chi connectivity index (χ4v) is 5.41. The van der Waals surface area contributed by atoms with Crippen LogP contribution in [0.25, 0.3) is 5.57 Å². The Morgan fingerprint density at radius 2 is 1.72 bits per heavy atom. The second kappa shape index (κ2) is 7.90. The number of nitriles is 1. The molecule has 1 N–H and O–H groups in total. The summed E-state index contributed by atoms with van der Waals surface area (Å²) in [6.07, 6.45) is 2.23. The Bertz CT molecular complexity index is 1340. The smallest absolute Gasteiger partial charge is 0.264 e. The van der Waals surface area contributed by atoms with Gasteiger partial charge in [-0.3, -0.25) is 18.7 Å².